The Bertz CT molecular complexity index is 826. The van der Waals surface area contributed by atoms with Gasteiger partial charge in [0.2, 0.25) is 0 Å². The third-order valence-electron chi connectivity index (χ3n) is 4.13. The summed E-state index contributed by atoms with van der Waals surface area (Å²) in [6.07, 6.45) is 5.10. The van der Waals surface area contributed by atoms with E-state index < -0.39 is 5.69 Å². The molecule has 0 fully saturated rings. The number of aromatic nitrogens is 3. The molecule has 0 bridgehead atoms. The maximum atomic E-state index is 12.1. The lowest BCUT2D eigenvalue weighted by atomic mass is 9.92. The Balaban J connectivity index is 2.00. The molecule has 0 amide bonds. The van der Waals surface area contributed by atoms with Gasteiger partial charge in [0.15, 0.2) is 5.78 Å². The molecule has 0 atom stereocenters. The van der Waals surface area contributed by atoms with E-state index in [1.807, 2.05) is 6.07 Å². The summed E-state index contributed by atoms with van der Waals surface area (Å²) in [4.78, 5) is 31.5. The number of aromatic amines is 1. The molecule has 4 N–H and O–H groups in total. The lowest BCUT2D eigenvalue weighted by Gasteiger charge is -2.15. The fourth-order valence-electron chi connectivity index (χ4n) is 2.63. The van der Waals surface area contributed by atoms with Crippen molar-refractivity contribution in [3.05, 3.63) is 28.4 Å². The number of rotatable bonds is 8. The molecule has 2 aromatic rings. The molecule has 2 heterocycles. The number of hydrogen-bond acceptors (Lipinski definition) is 4. The summed E-state index contributed by atoms with van der Waals surface area (Å²) >= 11 is 0. The number of hydrogen-bond donors (Lipinski definition) is 3. The Morgan fingerprint density at radius 2 is 1.96 bits per heavy atom. The highest BCUT2D eigenvalue weighted by atomic mass is 16.2. The zero-order valence-corrected chi connectivity index (χ0v) is 15.2. The first-order valence-corrected chi connectivity index (χ1v) is 8.62. The molecular formula is C18H27N5O2. The molecule has 0 saturated heterocycles. The predicted octanol–water partition coefficient (Wildman–Crippen LogP) is 2.48. The number of nitrogens with one attached hydrogen (secondary N) is 2. The summed E-state index contributed by atoms with van der Waals surface area (Å²) in [5, 5.41) is 7.99. The van der Waals surface area contributed by atoms with E-state index in [0.717, 1.165) is 30.3 Å². The summed E-state index contributed by atoms with van der Waals surface area (Å²) in [5.74, 6) is 0.191. The highest BCUT2D eigenvalue weighted by Crippen LogP contribution is 2.24. The van der Waals surface area contributed by atoms with Gasteiger partial charge in [-0.25, -0.2) is 4.79 Å². The highest BCUT2D eigenvalue weighted by Gasteiger charge is 2.17. The van der Waals surface area contributed by atoms with Crippen LogP contribution in [-0.4, -0.2) is 26.2 Å². The molecule has 0 radical (unpaired) electrons. The molecule has 0 saturated carbocycles. The van der Waals surface area contributed by atoms with Crippen LogP contribution in [0.4, 0.5) is 0 Å². The molecule has 7 heteroatoms. The van der Waals surface area contributed by atoms with Gasteiger partial charge in [-0.3, -0.25) is 14.8 Å². The second-order valence-corrected chi connectivity index (χ2v) is 7.51. The lowest BCUT2D eigenvalue weighted by molar-refractivity contribution is -0.119. The number of fused-ring (bicyclic) bond motifs is 1. The first-order valence-electron chi connectivity index (χ1n) is 8.62. The van der Waals surface area contributed by atoms with Crippen LogP contribution in [0.1, 0.15) is 58.6 Å². The lowest BCUT2D eigenvalue weighted by Crippen LogP contribution is -2.25. The fraction of sp³-hybridized carbons (Fsp3) is 0.556. The van der Waals surface area contributed by atoms with Gasteiger partial charge in [0.1, 0.15) is 5.65 Å². The van der Waals surface area contributed by atoms with Crippen LogP contribution in [-0.2, 0) is 16.8 Å². The molecule has 136 valence electrons. The van der Waals surface area contributed by atoms with E-state index in [2.05, 4.69) is 30.7 Å². The third-order valence-corrected chi connectivity index (χ3v) is 4.13. The standard InChI is InChI=1S/C18H27N5O2/c1-18(2,3)14-9-12-10-23(17(25)22-16(12)21-14)11-13(24)7-5-4-6-8-15(19)20/h9-10H,4-8,11H2,1-3H3,(H3,19,20)(H,21,22,25). The van der Waals surface area contributed by atoms with E-state index >= 15 is 0 Å². The first-order chi connectivity index (χ1) is 11.7. The Hall–Kier alpha value is -2.44. The molecule has 0 aromatic carbocycles. The fourth-order valence-corrected chi connectivity index (χ4v) is 2.63. The van der Waals surface area contributed by atoms with Crippen LogP contribution in [0.25, 0.3) is 11.0 Å². The molecule has 0 aliphatic rings. The van der Waals surface area contributed by atoms with E-state index in [1.165, 1.54) is 4.57 Å². The zero-order valence-electron chi connectivity index (χ0n) is 15.2. The maximum Gasteiger partial charge on any atom is 0.349 e. The summed E-state index contributed by atoms with van der Waals surface area (Å²) in [5.41, 5.74) is 6.38. The van der Waals surface area contributed by atoms with Crippen LogP contribution < -0.4 is 11.4 Å². The number of nitrogens with two attached hydrogens (primary N) is 1. The molecule has 25 heavy (non-hydrogen) atoms. The van der Waals surface area contributed by atoms with Gasteiger partial charge < -0.3 is 10.7 Å². The van der Waals surface area contributed by atoms with Gasteiger partial charge in [-0.15, -0.1) is 0 Å². The minimum absolute atomic E-state index is 0.0117. The van der Waals surface area contributed by atoms with Crippen LogP contribution in [0, 0.1) is 5.41 Å². The number of H-pyrrole nitrogens is 1. The number of ketones is 1. The van der Waals surface area contributed by atoms with E-state index in [4.69, 9.17) is 11.1 Å². The summed E-state index contributed by atoms with van der Waals surface area (Å²) in [7, 11) is 0. The average Bonchev–Trinajstić information content (AvgIpc) is 2.90. The van der Waals surface area contributed by atoms with Gasteiger partial charge in [-0.1, -0.05) is 27.2 Å². The number of carbonyl (C=O) groups excluding carboxylic acids is 1. The SMILES string of the molecule is CC(C)(C)c1cc2cn(CC(=O)CCCCCC(=N)N)c(=O)nc2[nH]1. The largest absolute Gasteiger partial charge is 0.388 e. The van der Waals surface area contributed by atoms with E-state index in [1.54, 1.807) is 6.20 Å². The first kappa shape index (κ1) is 18.9. The molecule has 0 unspecified atom stereocenters. The highest BCUT2D eigenvalue weighted by molar-refractivity contribution is 5.79. The van der Waals surface area contributed by atoms with Crippen LogP contribution in [0.15, 0.2) is 17.1 Å². The van der Waals surface area contributed by atoms with Crippen LogP contribution in [0.2, 0.25) is 0 Å². The Kier molecular flexibility index (Phi) is 5.77. The van der Waals surface area contributed by atoms with Gasteiger partial charge in [0.25, 0.3) is 0 Å². The van der Waals surface area contributed by atoms with Crippen molar-refractivity contribution in [2.75, 3.05) is 0 Å². The second kappa shape index (κ2) is 7.63. The smallest absolute Gasteiger partial charge is 0.349 e. The van der Waals surface area contributed by atoms with E-state index in [0.29, 0.717) is 18.5 Å². The van der Waals surface area contributed by atoms with Gasteiger partial charge in [-0.2, -0.15) is 4.98 Å². The third kappa shape index (κ3) is 5.27. The van der Waals surface area contributed by atoms with E-state index in [-0.39, 0.29) is 23.6 Å². The van der Waals surface area contributed by atoms with Crippen molar-refractivity contribution >= 4 is 22.7 Å². The van der Waals surface area contributed by atoms with Crippen LogP contribution in [0.3, 0.4) is 0 Å². The molecule has 2 aromatic heterocycles. The van der Waals surface area contributed by atoms with Gasteiger partial charge in [0, 0.05) is 35.5 Å². The number of Topliss-reactive ketones (excluding diaryl/α,β-unsaturated/α-hetero) is 1. The molecular weight excluding hydrogens is 318 g/mol. The summed E-state index contributed by atoms with van der Waals surface area (Å²) in [6, 6.07) is 1.98. The number of unbranched alkanes of at least 4 members (excludes halogenated alkanes) is 2. The maximum absolute atomic E-state index is 12.1. The van der Waals surface area contributed by atoms with Crippen molar-refractivity contribution in [2.45, 2.75) is 64.8 Å². The minimum Gasteiger partial charge on any atom is -0.388 e. The Morgan fingerprint density at radius 3 is 2.60 bits per heavy atom. The number of carbonyl (C=O) groups is 1. The van der Waals surface area contributed by atoms with Gasteiger partial charge >= 0.3 is 5.69 Å². The second-order valence-electron chi connectivity index (χ2n) is 7.51. The number of nitrogens with zero attached hydrogens (tertiary/aromatic N) is 2. The minimum atomic E-state index is -0.417. The monoisotopic (exact) mass is 345 g/mol. The van der Waals surface area contributed by atoms with Crippen molar-refractivity contribution in [1.82, 2.24) is 14.5 Å². The van der Waals surface area contributed by atoms with E-state index in [9.17, 15) is 9.59 Å². The van der Waals surface area contributed by atoms with Crippen LogP contribution >= 0.6 is 0 Å². The van der Waals surface area contributed by atoms with Crippen molar-refractivity contribution in [2.24, 2.45) is 5.73 Å². The Morgan fingerprint density at radius 1 is 1.28 bits per heavy atom. The summed E-state index contributed by atoms with van der Waals surface area (Å²) in [6.45, 7) is 6.29. The van der Waals surface area contributed by atoms with Gasteiger partial charge in [0.05, 0.1) is 12.4 Å². The summed E-state index contributed by atoms with van der Waals surface area (Å²) < 4.78 is 1.38. The van der Waals surface area contributed by atoms with Crippen molar-refractivity contribution in [1.29, 1.82) is 5.41 Å². The van der Waals surface area contributed by atoms with Crippen LogP contribution in [0.5, 0.6) is 0 Å². The topological polar surface area (TPSA) is 118 Å². The quantitative estimate of drug-likeness (QED) is 0.387. The zero-order chi connectivity index (χ0) is 18.6. The average molecular weight is 345 g/mol. The Labute approximate surface area is 147 Å². The van der Waals surface area contributed by atoms with Crippen molar-refractivity contribution < 1.29 is 4.79 Å². The van der Waals surface area contributed by atoms with Crippen molar-refractivity contribution in [3.8, 4) is 0 Å². The number of amidine groups is 1. The molecule has 0 aliphatic carbocycles. The molecule has 0 aliphatic heterocycles. The normalized spacial score (nSPS) is 11.8. The predicted molar refractivity (Wildman–Crippen MR) is 99.1 cm³/mol. The molecule has 0 spiro atoms. The van der Waals surface area contributed by atoms with Gasteiger partial charge in [-0.05, 0) is 18.9 Å². The van der Waals surface area contributed by atoms with Crippen molar-refractivity contribution in [3.63, 3.8) is 0 Å². The molecule has 7 nitrogen and oxygen atoms in total. The molecule has 2 rings (SSSR count).